The Balaban J connectivity index is 4.09. The highest BCUT2D eigenvalue weighted by Gasteiger charge is 2.26. The van der Waals surface area contributed by atoms with Crippen molar-refractivity contribution in [2.24, 2.45) is 11.0 Å². The SMILES string of the molecule is CCCSSS(NNN)(SN)SNSSS. The standard InChI is InChI=1S/C3H15N5S8/c1-2-3-10-15-16(11-5,7-6-4)13-8-12-14-9/h6-9H,2-5H2,1H3. The Morgan fingerprint density at radius 1 is 1.44 bits per heavy atom. The number of hydrogen-bond acceptors (Lipinski definition) is 12. The third-order valence-corrected chi connectivity index (χ3v) is 17.0. The summed E-state index contributed by atoms with van der Waals surface area (Å²) in [6.07, 6.45) is 1.14. The monoisotopic (exact) mass is 377 g/mol. The largest absolute Gasteiger partial charge is 0.267 e. The van der Waals surface area contributed by atoms with Crippen molar-refractivity contribution in [2.45, 2.75) is 13.3 Å². The van der Waals surface area contributed by atoms with Gasteiger partial charge in [0, 0.05) is 46.0 Å². The van der Waals surface area contributed by atoms with Crippen LogP contribution in [0.4, 0.5) is 0 Å². The highest BCUT2D eigenvalue weighted by atomic mass is 34.0. The Morgan fingerprint density at radius 3 is 2.69 bits per heavy atom. The Hall–Kier alpha value is 2.60. The summed E-state index contributed by atoms with van der Waals surface area (Å²) in [7, 11) is 7.65. The molecule has 0 fully saturated rings. The van der Waals surface area contributed by atoms with Gasteiger partial charge < -0.3 is 0 Å². The van der Waals surface area contributed by atoms with Crippen LogP contribution < -0.4 is 25.5 Å². The average molecular weight is 378 g/mol. The van der Waals surface area contributed by atoms with E-state index in [1.807, 2.05) is 0 Å². The zero-order chi connectivity index (χ0) is 12.3. The molecule has 0 aromatic rings. The molecule has 0 amide bonds. The van der Waals surface area contributed by atoms with Crippen LogP contribution in [0.15, 0.2) is 0 Å². The Bertz CT molecular complexity index is 151. The summed E-state index contributed by atoms with van der Waals surface area (Å²) in [6, 6.07) is 0. The molecule has 0 aromatic heterocycles. The predicted octanol–water partition coefficient (Wildman–Crippen LogP) is 3.20. The molecule has 0 spiro atoms. The lowest BCUT2D eigenvalue weighted by molar-refractivity contribution is 0.737. The molecule has 0 bridgehead atoms. The lowest BCUT2D eigenvalue weighted by Crippen LogP contribution is -2.37. The maximum Gasteiger partial charge on any atom is 0.0176 e. The predicted molar refractivity (Wildman–Crippen MR) is 95.1 cm³/mol. The van der Waals surface area contributed by atoms with E-state index < -0.39 is 7.31 Å². The van der Waals surface area contributed by atoms with Gasteiger partial charge in [0.25, 0.3) is 0 Å². The minimum absolute atomic E-state index is 1.08. The zero-order valence-electron chi connectivity index (χ0n) is 8.37. The van der Waals surface area contributed by atoms with Crippen LogP contribution in [0.1, 0.15) is 13.3 Å². The summed E-state index contributed by atoms with van der Waals surface area (Å²) >= 11 is 4.02. The maximum atomic E-state index is 5.72. The van der Waals surface area contributed by atoms with Crippen LogP contribution in [0.25, 0.3) is 0 Å². The number of thiol groups is 1. The molecule has 100 valence electrons. The molecule has 0 saturated heterocycles. The fourth-order valence-electron chi connectivity index (χ4n) is 0.438. The molecule has 0 radical (unpaired) electrons. The zero-order valence-corrected chi connectivity index (χ0v) is 15.0. The second-order valence-electron chi connectivity index (χ2n) is 2.01. The van der Waals surface area contributed by atoms with E-state index in [0.717, 1.165) is 12.2 Å². The molecular weight excluding hydrogens is 363 g/mol. The average Bonchev–Trinajstić information content (AvgIpc) is 2.29. The number of rotatable bonds is 11. The molecule has 7 N–H and O–H groups in total. The van der Waals surface area contributed by atoms with Crippen LogP contribution in [-0.2, 0) is 0 Å². The third-order valence-electron chi connectivity index (χ3n) is 0.951. The van der Waals surface area contributed by atoms with E-state index in [9.17, 15) is 0 Å². The normalized spacial score (nSPS) is 17.0. The van der Waals surface area contributed by atoms with Crippen molar-refractivity contribution in [3.05, 3.63) is 0 Å². The Morgan fingerprint density at radius 2 is 2.19 bits per heavy atom. The molecule has 0 aliphatic heterocycles. The van der Waals surface area contributed by atoms with Gasteiger partial charge in [0.2, 0.25) is 0 Å². The second kappa shape index (κ2) is 12.6. The van der Waals surface area contributed by atoms with Gasteiger partial charge in [-0.25, -0.2) is 0 Å². The van der Waals surface area contributed by atoms with Crippen LogP contribution in [0.5, 0.6) is 0 Å². The Kier molecular flexibility index (Phi) is 14.7. The van der Waals surface area contributed by atoms with E-state index in [1.165, 1.54) is 42.8 Å². The molecule has 1 unspecified atom stereocenters. The first-order chi connectivity index (χ1) is 7.74. The molecule has 0 rings (SSSR count). The van der Waals surface area contributed by atoms with Crippen molar-refractivity contribution >= 4 is 82.4 Å². The minimum Gasteiger partial charge on any atom is -0.267 e. The summed E-state index contributed by atoms with van der Waals surface area (Å²) in [6.45, 7) is 2.15. The van der Waals surface area contributed by atoms with Gasteiger partial charge in [0.1, 0.15) is 0 Å². The highest BCUT2D eigenvalue weighted by Crippen LogP contribution is 2.75. The fraction of sp³-hybridized carbons (Fsp3) is 1.00. The molecule has 0 heterocycles. The van der Waals surface area contributed by atoms with Gasteiger partial charge in [-0.3, -0.25) is 11.0 Å². The maximum absolute atomic E-state index is 5.72. The number of nitrogens with one attached hydrogen (secondary N) is 3. The summed E-state index contributed by atoms with van der Waals surface area (Å²) < 4.78 is 3.10. The molecule has 0 aliphatic rings. The van der Waals surface area contributed by atoms with Crippen molar-refractivity contribution in [3.8, 4) is 0 Å². The molecule has 13 heteroatoms. The number of nitrogens with two attached hydrogens (primary N) is 2. The van der Waals surface area contributed by atoms with Crippen LogP contribution >= 0.6 is 82.4 Å². The summed E-state index contributed by atoms with van der Waals surface area (Å²) in [5.74, 6) is 6.38. The minimum atomic E-state index is -1.40. The first-order valence-electron chi connectivity index (χ1n) is 3.90. The van der Waals surface area contributed by atoms with Crippen molar-refractivity contribution < 1.29 is 0 Å². The second-order valence-corrected chi connectivity index (χ2v) is 17.4. The van der Waals surface area contributed by atoms with E-state index in [2.05, 4.69) is 33.1 Å². The van der Waals surface area contributed by atoms with Gasteiger partial charge >= 0.3 is 0 Å². The molecule has 1 atom stereocenters. The quantitative estimate of drug-likeness (QED) is 0.0801. The van der Waals surface area contributed by atoms with Gasteiger partial charge in [0.15, 0.2) is 0 Å². The molecule has 5 nitrogen and oxygen atoms in total. The molecule has 0 saturated carbocycles. The van der Waals surface area contributed by atoms with Crippen molar-refractivity contribution in [2.75, 3.05) is 5.75 Å². The highest BCUT2D eigenvalue weighted by molar-refractivity contribution is 9.55. The fourth-order valence-corrected chi connectivity index (χ4v) is 15.0. The molecule has 0 aliphatic carbocycles. The van der Waals surface area contributed by atoms with Crippen LogP contribution in [0, 0.1) is 0 Å². The lowest BCUT2D eigenvalue weighted by atomic mass is 10.6. The molecule has 16 heavy (non-hydrogen) atoms. The van der Waals surface area contributed by atoms with Crippen LogP contribution in [-0.4, -0.2) is 5.75 Å². The van der Waals surface area contributed by atoms with E-state index in [0.29, 0.717) is 0 Å². The summed E-state index contributed by atoms with van der Waals surface area (Å²) in [4.78, 5) is 3.01. The first kappa shape index (κ1) is 18.6. The molecule has 0 aromatic carbocycles. The van der Waals surface area contributed by atoms with E-state index in [1.54, 1.807) is 20.6 Å². The summed E-state index contributed by atoms with van der Waals surface area (Å²) in [5, 5.41) is 5.72. The van der Waals surface area contributed by atoms with Crippen molar-refractivity contribution in [3.63, 3.8) is 0 Å². The van der Waals surface area contributed by atoms with Gasteiger partial charge in [0.05, 0.1) is 0 Å². The smallest absolute Gasteiger partial charge is 0.0176 e. The lowest BCUT2D eigenvalue weighted by Gasteiger charge is -2.33. The van der Waals surface area contributed by atoms with E-state index in [-0.39, 0.29) is 0 Å². The van der Waals surface area contributed by atoms with Crippen LogP contribution in [0.2, 0.25) is 0 Å². The topological polar surface area (TPSA) is 88.1 Å². The molecular formula is C3H15N5S8. The Labute approximate surface area is 126 Å². The van der Waals surface area contributed by atoms with Crippen molar-refractivity contribution in [1.82, 2.24) is 14.5 Å². The first-order valence-corrected chi connectivity index (χ1v) is 14.3. The number of hydrazine groups is 2. The number of hydrogen-bond donors (Lipinski definition) is 6. The van der Waals surface area contributed by atoms with Crippen molar-refractivity contribution in [1.29, 1.82) is 0 Å². The van der Waals surface area contributed by atoms with Gasteiger partial charge in [-0.05, 0) is 26.1 Å². The summed E-state index contributed by atoms with van der Waals surface area (Å²) in [5.41, 5.74) is 2.47. The van der Waals surface area contributed by atoms with Gasteiger partial charge in [-0.1, -0.05) is 29.4 Å². The van der Waals surface area contributed by atoms with E-state index in [4.69, 9.17) is 11.0 Å². The van der Waals surface area contributed by atoms with Gasteiger partial charge in [-0.15, -0.1) is 0 Å². The van der Waals surface area contributed by atoms with Crippen LogP contribution in [0.3, 0.4) is 0 Å². The third kappa shape index (κ3) is 8.66. The van der Waals surface area contributed by atoms with E-state index >= 15 is 0 Å². The van der Waals surface area contributed by atoms with Gasteiger partial charge in [-0.2, -0.15) is 14.5 Å².